The second kappa shape index (κ2) is 11.4. The van der Waals surface area contributed by atoms with Crippen LogP contribution in [-0.4, -0.2) is 27.7 Å². The van der Waals surface area contributed by atoms with Gasteiger partial charge in [0.2, 0.25) is 5.43 Å². The summed E-state index contributed by atoms with van der Waals surface area (Å²) in [5, 5.41) is 17.5. The number of unbranched alkanes of at least 4 members (excludes halogenated alkanes) is 5. The highest BCUT2D eigenvalue weighted by Crippen LogP contribution is 2.21. The van der Waals surface area contributed by atoms with E-state index in [1.54, 1.807) is 4.57 Å². The zero-order valence-electron chi connectivity index (χ0n) is 17.7. The predicted octanol–water partition coefficient (Wildman–Crippen LogP) is 4.18. The molecule has 0 aliphatic rings. The molecule has 3 N–H and O–H groups in total. The number of nitrogens with zero attached hydrogens (tertiary/aromatic N) is 2. The number of hydrogen-bond donors (Lipinski definition) is 3. The van der Waals surface area contributed by atoms with Crippen molar-refractivity contribution < 1.29 is 5.11 Å². The van der Waals surface area contributed by atoms with E-state index in [2.05, 4.69) is 27.8 Å². The highest BCUT2D eigenvalue weighted by molar-refractivity contribution is 5.90. The lowest BCUT2D eigenvalue weighted by Crippen LogP contribution is -2.19. The molecule has 0 saturated carbocycles. The van der Waals surface area contributed by atoms with Crippen LogP contribution in [-0.2, 0) is 13.6 Å². The molecular weight excluding hydrogens is 376 g/mol. The summed E-state index contributed by atoms with van der Waals surface area (Å²) in [7, 11) is 1.84. The molecule has 0 amide bonds. The van der Waals surface area contributed by atoms with Crippen molar-refractivity contribution >= 4 is 16.6 Å². The van der Waals surface area contributed by atoms with Crippen molar-refractivity contribution in [2.45, 2.75) is 45.1 Å². The number of hydrogen-bond acceptors (Lipinski definition) is 5. The van der Waals surface area contributed by atoms with Crippen LogP contribution in [0.4, 0.5) is 5.69 Å². The maximum Gasteiger partial charge on any atom is 0.223 e. The minimum absolute atomic E-state index is 0.203. The molecule has 0 saturated heterocycles. The Balaban J connectivity index is 1.22. The van der Waals surface area contributed by atoms with Crippen LogP contribution in [0.3, 0.4) is 0 Å². The van der Waals surface area contributed by atoms with E-state index in [1.165, 1.54) is 49.8 Å². The van der Waals surface area contributed by atoms with Gasteiger partial charge in [-0.2, -0.15) is 0 Å². The minimum atomic E-state index is -0.323. The van der Waals surface area contributed by atoms with Gasteiger partial charge in [0.05, 0.1) is 5.52 Å². The molecule has 2 heterocycles. The van der Waals surface area contributed by atoms with Crippen LogP contribution in [0, 0.1) is 0 Å². The molecule has 160 valence electrons. The van der Waals surface area contributed by atoms with Crippen LogP contribution >= 0.6 is 0 Å². The highest BCUT2D eigenvalue weighted by Gasteiger charge is 2.03. The molecule has 6 nitrogen and oxygen atoms in total. The first kappa shape index (κ1) is 21.8. The van der Waals surface area contributed by atoms with Crippen LogP contribution in [0.2, 0.25) is 0 Å². The fourth-order valence-electron chi connectivity index (χ4n) is 3.60. The normalized spacial score (nSPS) is 11.1. The summed E-state index contributed by atoms with van der Waals surface area (Å²) < 4.78 is 1.78. The molecule has 0 unspecified atom stereocenters. The molecule has 1 aromatic carbocycles. The molecule has 6 heteroatoms. The molecule has 0 bridgehead atoms. The van der Waals surface area contributed by atoms with Crippen molar-refractivity contribution in [1.82, 2.24) is 14.9 Å². The number of rotatable bonds is 12. The number of nitrogens with one attached hydrogen (secondary N) is 2. The van der Waals surface area contributed by atoms with E-state index in [-0.39, 0.29) is 11.2 Å². The average Bonchev–Trinajstić information content (AvgIpc) is 2.75. The van der Waals surface area contributed by atoms with Gasteiger partial charge in [0.15, 0.2) is 5.75 Å². The van der Waals surface area contributed by atoms with Gasteiger partial charge in [-0.15, -0.1) is 0 Å². The van der Waals surface area contributed by atoms with Gasteiger partial charge in [-0.05, 0) is 31.5 Å². The number of pyridine rings is 2. The number of aromatic hydroxyl groups is 1. The second-order valence-electron chi connectivity index (χ2n) is 7.73. The summed E-state index contributed by atoms with van der Waals surface area (Å²) in [6.07, 6.45) is 10.6. The van der Waals surface area contributed by atoms with Crippen LogP contribution in [0.25, 0.3) is 10.9 Å². The summed E-state index contributed by atoms with van der Waals surface area (Å²) in [6, 6.07) is 11.8. The number of para-hydroxylation sites is 1. The summed E-state index contributed by atoms with van der Waals surface area (Å²) in [5.41, 5.74) is 2.75. The Kier molecular flexibility index (Phi) is 8.27. The average molecular weight is 409 g/mol. The lowest BCUT2D eigenvalue weighted by molar-refractivity contribution is 0.461. The molecular formula is C24H32N4O2. The van der Waals surface area contributed by atoms with Gasteiger partial charge in [0, 0.05) is 55.4 Å². The molecule has 30 heavy (non-hydrogen) atoms. The minimum Gasteiger partial charge on any atom is -0.503 e. The van der Waals surface area contributed by atoms with Crippen molar-refractivity contribution in [3.63, 3.8) is 0 Å². The fraction of sp³-hybridized carbons (Fsp3) is 0.417. The molecule has 3 rings (SSSR count). The molecule has 0 atom stereocenters. The molecule has 0 aliphatic heterocycles. The van der Waals surface area contributed by atoms with Crippen molar-refractivity contribution in [2.75, 3.05) is 18.4 Å². The molecule has 3 aromatic rings. The zero-order valence-corrected chi connectivity index (χ0v) is 17.7. The van der Waals surface area contributed by atoms with Gasteiger partial charge in [-0.25, -0.2) is 0 Å². The van der Waals surface area contributed by atoms with E-state index in [9.17, 15) is 9.90 Å². The monoisotopic (exact) mass is 408 g/mol. The SMILES string of the molecule is Cn1cc(O)c(=O)cc1CNCCCCCCCCNc1ccnc2ccccc12. The van der Waals surface area contributed by atoms with E-state index < -0.39 is 0 Å². The Labute approximate surface area is 178 Å². The zero-order chi connectivity index (χ0) is 21.2. The van der Waals surface area contributed by atoms with Crippen molar-refractivity contribution in [1.29, 1.82) is 0 Å². The van der Waals surface area contributed by atoms with Gasteiger partial charge in [0.25, 0.3) is 0 Å². The van der Waals surface area contributed by atoms with Crippen molar-refractivity contribution in [2.24, 2.45) is 7.05 Å². The maximum atomic E-state index is 11.5. The number of anilines is 1. The predicted molar refractivity (Wildman–Crippen MR) is 123 cm³/mol. The first-order chi connectivity index (χ1) is 14.6. The molecule has 0 spiro atoms. The lowest BCUT2D eigenvalue weighted by atomic mass is 10.1. The number of benzene rings is 1. The third-order valence-electron chi connectivity index (χ3n) is 5.37. The number of aromatic nitrogens is 2. The number of fused-ring (bicyclic) bond motifs is 1. The van der Waals surface area contributed by atoms with Crippen molar-refractivity contribution in [3.05, 3.63) is 64.7 Å². The molecule has 0 radical (unpaired) electrons. The first-order valence-electron chi connectivity index (χ1n) is 10.8. The summed E-state index contributed by atoms with van der Waals surface area (Å²) in [6.45, 7) is 2.56. The first-order valence-corrected chi connectivity index (χ1v) is 10.8. The van der Waals surface area contributed by atoms with Gasteiger partial charge in [-0.3, -0.25) is 9.78 Å². The van der Waals surface area contributed by atoms with Gasteiger partial charge < -0.3 is 20.3 Å². The Morgan fingerprint density at radius 2 is 1.73 bits per heavy atom. The maximum absolute atomic E-state index is 11.5. The third-order valence-corrected chi connectivity index (χ3v) is 5.37. The smallest absolute Gasteiger partial charge is 0.223 e. The van der Waals surface area contributed by atoms with Gasteiger partial charge >= 0.3 is 0 Å². The largest absolute Gasteiger partial charge is 0.503 e. The summed E-state index contributed by atoms with van der Waals surface area (Å²) in [5.74, 6) is -0.203. The topological polar surface area (TPSA) is 79.2 Å². The third kappa shape index (κ3) is 6.32. The van der Waals surface area contributed by atoms with E-state index >= 15 is 0 Å². The summed E-state index contributed by atoms with van der Waals surface area (Å²) >= 11 is 0. The van der Waals surface area contributed by atoms with E-state index in [0.29, 0.717) is 6.54 Å². The van der Waals surface area contributed by atoms with Gasteiger partial charge in [-0.1, -0.05) is 43.9 Å². The quantitative estimate of drug-likeness (QED) is 0.392. The molecule has 0 aliphatic carbocycles. The van der Waals surface area contributed by atoms with Crippen molar-refractivity contribution in [3.8, 4) is 5.75 Å². The standard InChI is InChI=1S/C24H32N4O2/c1-28-18-24(30)23(29)16-19(28)17-25-13-8-4-2-3-5-9-14-26-22-12-15-27-21-11-7-6-10-20(21)22/h6-7,10-12,15-16,18,25,30H,2-5,8-9,13-14,17H2,1H3,(H,26,27). The highest BCUT2D eigenvalue weighted by atomic mass is 16.3. The van der Waals surface area contributed by atoms with E-state index in [0.717, 1.165) is 36.4 Å². The van der Waals surface area contributed by atoms with Crippen LogP contribution in [0.5, 0.6) is 5.75 Å². The molecule has 2 aromatic heterocycles. The molecule has 0 fully saturated rings. The number of aryl methyl sites for hydroxylation is 1. The van der Waals surface area contributed by atoms with Gasteiger partial charge in [0.1, 0.15) is 0 Å². The Morgan fingerprint density at radius 3 is 2.57 bits per heavy atom. The Hall–Kier alpha value is -2.86. The fourth-order valence-corrected chi connectivity index (χ4v) is 3.60. The Morgan fingerprint density at radius 1 is 1.00 bits per heavy atom. The summed E-state index contributed by atoms with van der Waals surface area (Å²) in [4.78, 5) is 15.9. The van der Waals surface area contributed by atoms with Crippen LogP contribution in [0.15, 0.2) is 53.6 Å². The Bertz CT molecular complexity index is 995. The van der Waals surface area contributed by atoms with E-state index in [4.69, 9.17) is 0 Å². The lowest BCUT2D eigenvalue weighted by Gasteiger charge is -2.10. The van der Waals surface area contributed by atoms with Crippen LogP contribution in [0.1, 0.15) is 44.2 Å². The van der Waals surface area contributed by atoms with E-state index in [1.807, 2.05) is 31.4 Å². The van der Waals surface area contributed by atoms with Crippen LogP contribution < -0.4 is 16.1 Å². The second-order valence-corrected chi connectivity index (χ2v) is 7.73.